The average molecular weight is 213 g/mol. The first kappa shape index (κ1) is 10.5. The van der Waals surface area contributed by atoms with Gasteiger partial charge in [-0.25, -0.2) is 4.79 Å². The molecule has 0 aliphatic rings. The van der Waals surface area contributed by atoms with Crippen LogP contribution in [0.1, 0.15) is 15.9 Å². The Bertz CT molecular complexity index is 416. The maximum absolute atomic E-state index is 10.6. The Labute approximate surface area is 84.9 Å². The van der Waals surface area contributed by atoms with E-state index in [4.69, 9.17) is 5.11 Å². The van der Waals surface area contributed by atoms with E-state index < -0.39 is 10.9 Å². The zero-order valence-corrected chi connectivity index (χ0v) is 8.12. The number of rotatable bonds is 2. The highest BCUT2D eigenvalue weighted by molar-refractivity contribution is 7.80. The van der Waals surface area contributed by atoms with Crippen molar-refractivity contribution in [3.05, 3.63) is 33.4 Å². The maximum Gasteiger partial charge on any atom is 0.335 e. The molecule has 0 aromatic heterocycles. The smallest absolute Gasteiger partial charge is 0.335 e. The first-order valence-corrected chi connectivity index (χ1v) is 4.09. The zero-order chi connectivity index (χ0) is 10.9. The first-order valence-electron chi connectivity index (χ1n) is 3.64. The van der Waals surface area contributed by atoms with Crippen molar-refractivity contribution in [3.63, 3.8) is 0 Å². The van der Waals surface area contributed by atoms with Crippen molar-refractivity contribution in [2.45, 2.75) is 11.8 Å². The number of nitro benzene ring substituents is 1. The summed E-state index contributed by atoms with van der Waals surface area (Å²) >= 11 is 3.96. The minimum Gasteiger partial charge on any atom is -0.478 e. The highest BCUT2D eigenvalue weighted by atomic mass is 32.1. The van der Waals surface area contributed by atoms with Crippen LogP contribution in [-0.2, 0) is 0 Å². The van der Waals surface area contributed by atoms with Crippen LogP contribution < -0.4 is 0 Å². The summed E-state index contributed by atoms with van der Waals surface area (Å²) in [7, 11) is 0. The van der Waals surface area contributed by atoms with Gasteiger partial charge in [-0.1, -0.05) is 0 Å². The molecule has 0 atom stereocenters. The third kappa shape index (κ3) is 1.85. The summed E-state index contributed by atoms with van der Waals surface area (Å²) in [6.45, 7) is 1.52. The van der Waals surface area contributed by atoms with E-state index in [1.54, 1.807) is 0 Å². The monoisotopic (exact) mass is 213 g/mol. The van der Waals surface area contributed by atoms with Gasteiger partial charge in [-0.05, 0) is 13.0 Å². The van der Waals surface area contributed by atoms with Crippen molar-refractivity contribution in [2.24, 2.45) is 0 Å². The van der Waals surface area contributed by atoms with E-state index in [2.05, 4.69) is 12.6 Å². The van der Waals surface area contributed by atoms with Gasteiger partial charge in [-0.3, -0.25) is 10.1 Å². The molecule has 0 unspecified atom stereocenters. The van der Waals surface area contributed by atoms with Crippen molar-refractivity contribution in [3.8, 4) is 0 Å². The van der Waals surface area contributed by atoms with E-state index >= 15 is 0 Å². The van der Waals surface area contributed by atoms with Crippen LogP contribution in [0, 0.1) is 17.0 Å². The van der Waals surface area contributed by atoms with Crippen molar-refractivity contribution >= 4 is 24.3 Å². The summed E-state index contributed by atoms with van der Waals surface area (Å²) in [6, 6.07) is 2.31. The zero-order valence-electron chi connectivity index (χ0n) is 7.22. The number of benzene rings is 1. The van der Waals surface area contributed by atoms with Gasteiger partial charge in [0.1, 0.15) is 0 Å². The molecule has 0 amide bonds. The lowest BCUT2D eigenvalue weighted by atomic mass is 10.1. The molecule has 1 rings (SSSR count). The van der Waals surface area contributed by atoms with Gasteiger partial charge in [-0.2, -0.15) is 0 Å². The molecule has 0 heterocycles. The van der Waals surface area contributed by atoms with Gasteiger partial charge in [-0.15, -0.1) is 12.6 Å². The number of hydrogen-bond donors (Lipinski definition) is 2. The topological polar surface area (TPSA) is 80.4 Å². The summed E-state index contributed by atoms with van der Waals surface area (Å²) in [4.78, 5) is 20.8. The lowest BCUT2D eigenvalue weighted by Gasteiger charge is -2.02. The summed E-state index contributed by atoms with van der Waals surface area (Å²) in [5, 5.41) is 19.2. The van der Waals surface area contributed by atoms with E-state index in [0.717, 1.165) is 6.07 Å². The van der Waals surface area contributed by atoms with Gasteiger partial charge in [0.05, 0.1) is 10.5 Å². The number of thiol groups is 1. The van der Waals surface area contributed by atoms with Gasteiger partial charge < -0.3 is 5.11 Å². The van der Waals surface area contributed by atoms with Crippen molar-refractivity contribution < 1.29 is 14.8 Å². The average Bonchev–Trinajstić information content (AvgIpc) is 2.08. The third-order valence-electron chi connectivity index (χ3n) is 1.80. The molecule has 0 saturated heterocycles. The van der Waals surface area contributed by atoms with E-state index in [-0.39, 0.29) is 11.3 Å². The molecule has 0 aliphatic heterocycles. The number of carbonyl (C=O) groups is 1. The van der Waals surface area contributed by atoms with Crippen LogP contribution in [0.25, 0.3) is 0 Å². The minimum absolute atomic E-state index is 0.132. The molecule has 0 radical (unpaired) electrons. The molecule has 74 valence electrons. The fourth-order valence-corrected chi connectivity index (χ4v) is 1.25. The predicted molar refractivity (Wildman–Crippen MR) is 52.0 cm³/mol. The second-order valence-corrected chi connectivity index (χ2v) is 3.18. The number of aromatic carboxylic acids is 1. The van der Waals surface area contributed by atoms with Gasteiger partial charge >= 0.3 is 5.97 Å². The fourth-order valence-electron chi connectivity index (χ4n) is 0.997. The third-order valence-corrected chi connectivity index (χ3v) is 2.26. The Balaban J connectivity index is 3.43. The molecule has 1 aromatic rings. The number of nitrogens with zero attached hydrogens (tertiary/aromatic N) is 1. The molecule has 14 heavy (non-hydrogen) atoms. The van der Waals surface area contributed by atoms with Crippen LogP contribution in [0.3, 0.4) is 0 Å². The Morgan fingerprint density at radius 1 is 1.57 bits per heavy atom. The summed E-state index contributed by atoms with van der Waals surface area (Å²) in [6.07, 6.45) is 0. The van der Waals surface area contributed by atoms with Gasteiger partial charge in [0.25, 0.3) is 5.69 Å². The second kappa shape index (κ2) is 3.67. The van der Waals surface area contributed by atoms with Gasteiger partial charge in [0.2, 0.25) is 0 Å². The van der Waals surface area contributed by atoms with Crippen LogP contribution in [-0.4, -0.2) is 16.0 Å². The molecular weight excluding hydrogens is 206 g/mol. The highest BCUT2D eigenvalue weighted by Gasteiger charge is 2.17. The summed E-state index contributed by atoms with van der Waals surface area (Å²) in [5.74, 6) is -1.21. The maximum atomic E-state index is 10.6. The van der Waals surface area contributed by atoms with Crippen LogP contribution in [0.15, 0.2) is 17.0 Å². The Morgan fingerprint density at radius 3 is 2.57 bits per heavy atom. The van der Waals surface area contributed by atoms with E-state index in [0.29, 0.717) is 10.5 Å². The molecule has 1 N–H and O–H groups in total. The predicted octanol–water partition coefficient (Wildman–Crippen LogP) is 1.89. The number of carboxylic acid groups (broad SMARTS) is 1. The molecular formula is C8H7NO4S. The van der Waals surface area contributed by atoms with Gasteiger partial charge in [0, 0.05) is 16.5 Å². The largest absolute Gasteiger partial charge is 0.478 e. The number of carboxylic acids is 1. The van der Waals surface area contributed by atoms with Crippen LogP contribution >= 0.6 is 12.6 Å². The molecule has 0 aliphatic carbocycles. The van der Waals surface area contributed by atoms with Crippen molar-refractivity contribution in [1.29, 1.82) is 0 Å². The molecule has 0 saturated carbocycles. The fraction of sp³-hybridized carbons (Fsp3) is 0.125. The van der Waals surface area contributed by atoms with E-state index in [1.165, 1.54) is 13.0 Å². The second-order valence-electron chi connectivity index (χ2n) is 2.70. The molecule has 1 aromatic carbocycles. The number of hydrogen-bond acceptors (Lipinski definition) is 4. The van der Waals surface area contributed by atoms with Crippen molar-refractivity contribution in [1.82, 2.24) is 0 Å². The first-order chi connectivity index (χ1) is 6.43. The highest BCUT2D eigenvalue weighted by Crippen LogP contribution is 2.26. The standard InChI is InChI=1S/C8H7NO4S/c1-4-6(9(12)13)2-5(8(10)11)3-7(4)14/h2-3,14H,1H3,(H,10,11). The van der Waals surface area contributed by atoms with Gasteiger partial charge in [0.15, 0.2) is 0 Å². The molecule has 0 spiro atoms. The molecule has 0 fully saturated rings. The Hall–Kier alpha value is -1.56. The van der Waals surface area contributed by atoms with E-state index in [1.807, 2.05) is 0 Å². The molecule has 0 bridgehead atoms. The van der Waals surface area contributed by atoms with Crippen LogP contribution in [0.5, 0.6) is 0 Å². The van der Waals surface area contributed by atoms with Crippen LogP contribution in [0.4, 0.5) is 5.69 Å². The lowest BCUT2D eigenvalue weighted by Crippen LogP contribution is -2.00. The minimum atomic E-state index is -1.21. The quantitative estimate of drug-likeness (QED) is 0.446. The lowest BCUT2D eigenvalue weighted by molar-refractivity contribution is -0.385. The normalized spacial score (nSPS) is 9.86. The van der Waals surface area contributed by atoms with Crippen molar-refractivity contribution in [2.75, 3.05) is 0 Å². The van der Waals surface area contributed by atoms with Crippen LogP contribution in [0.2, 0.25) is 0 Å². The Morgan fingerprint density at radius 2 is 2.14 bits per heavy atom. The van der Waals surface area contributed by atoms with E-state index in [9.17, 15) is 14.9 Å². The SMILES string of the molecule is Cc1c(S)cc(C(=O)O)cc1[N+](=O)[O-]. The molecule has 5 nitrogen and oxygen atoms in total. The summed E-state index contributed by atoms with van der Waals surface area (Å²) < 4.78 is 0. The number of nitro groups is 1. The molecule has 6 heteroatoms. The summed E-state index contributed by atoms with van der Waals surface area (Å²) in [5.41, 5.74) is 0.00512. The Kier molecular flexibility index (Phi) is 2.76.